The van der Waals surface area contributed by atoms with Crippen LogP contribution >= 0.6 is 11.3 Å². The van der Waals surface area contributed by atoms with Crippen LogP contribution in [-0.4, -0.2) is 18.5 Å². The number of thiophene rings is 1. The summed E-state index contributed by atoms with van der Waals surface area (Å²) >= 11 is 1.93. The third-order valence-corrected chi connectivity index (χ3v) is 5.28. The minimum Gasteiger partial charge on any atom is -0.323 e. The fraction of sp³-hybridized carbons (Fsp3) is 0.714. The highest BCUT2D eigenvalue weighted by Gasteiger charge is 2.28. The van der Waals surface area contributed by atoms with E-state index in [9.17, 15) is 0 Å². The smallest absolute Gasteiger partial charge is 0.0438 e. The summed E-state index contributed by atoms with van der Waals surface area (Å²) in [5.74, 6) is 0.804. The molecule has 94 valence electrons. The summed E-state index contributed by atoms with van der Waals surface area (Å²) in [4.78, 5) is 3.86. The summed E-state index contributed by atoms with van der Waals surface area (Å²) in [6.07, 6.45) is 7.00. The maximum absolute atomic E-state index is 6.35. The molecule has 0 bridgehead atoms. The van der Waals surface area contributed by atoms with Crippen molar-refractivity contribution in [2.45, 2.75) is 50.6 Å². The highest BCUT2D eigenvalue weighted by molar-refractivity contribution is 7.10. The van der Waals surface area contributed by atoms with Crippen molar-refractivity contribution >= 4 is 11.3 Å². The molecule has 0 saturated heterocycles. The van der Waals surface area contributed by atoms with Gasteiger partial charge in [-0.25, -0.2) is 0 Å². The second-order valence-corrected chi connectivity index (χ2v) is 6.63. The first-order chi connectivity index (χ1) is 8.25. The Balaban J connectivity index is 1.91. The van der Waals surface area contributed by atoms with Crippen molar-refractivity contribution in [3.05, 3.63) is 21.4 Å². The average Bonchev–Trinajstić information content (AvgIpc) is 2.74. The van der Waals surface area contributed by atoms with E-state index in [1.165, 1.54) is 42.5 Å². The molecule has 2 nitrogen and oxygen atoms in total. The maximum Gasteiger partial charge on any atom is 0.0438 e. The lowest BCUT2D eigenvalue weighted by molar-refractivity contribution is 0.285. The van der Waals surface area contributed by atoms with E-state index >= 15 is 0 Å². The van der Waals surface area contributed by atoms with Crippen LogP contribution < -0.4 is 5.73 Å². The second kappa shape index (κ2) is 4.71. The predicted molar refractivity (Wildman–Crippen MR) is 73.4 cm³/mol. The highest BCUT2D eigenvalue weighted by Crippen LogP contribution is 2.41. The maximum atomic E-state index is 6.35. The van der Waals surface area contributed by atoms with Gasteiger partial charge in [0.1, 0.15) is 0 Å². The molecule has 2 aliphatic rings. The van der Waals surface area contributed by atoms with E-state index in [0.29, 0.717) is 0 Å². The lowest BCUT2D eigenvalue weighted by atomic mass is 9.81. The SMILES string of the molecule is CN1Cc2scc(C3CCCCC3)c2C(N)C1. The van der Waals surface area contributed by atoms with Crippen LogP contribution in [0.3, 0.4) is 0 Å². The number of hydrogen-bond donors (Lipinski definition) is 1. The fourth-order valence-electron chi connectivity index (χ4n) is 3.43. The molecule has 17 heavy (non-hydrogen) atoms. The first kappa shape index (κ1) is 11.7. The first-order valence-electron chi connectivity index (χ1n) is 6.80. The van der Waals surface area contributed by atoms with Gasteiger partial charge in [-0.1, -0.05) is 19.3 Å². The number of hydrogen-bond acceptors (Lipinski definition) is 3. The molecule has 1 aliphatic carbocycles. The topological polar surface area (TPSA) is 29.3 Å². The van der Waals surface area contributed by atoms with E-state index in [0.717, 1.165) is 19.0 Å². The first-order valence-corrected chi connectivity index (χ1v) is 7.68. The normalized spacial score (nSPS) is 27.1. The van der Waals surface area contributed by atoms with Crippen LogP contribution in [0, 0.1) is 0 Å². The molecule has 1 unspecified atom stereocenters. The van der Waals surface area contributed by atoms with Crippen LogP contribution in [0.25, 0.3) is 0 Å². The molecule has 0 radical (unpaired) electrons. The van der Waals surface area contributed by atoms with Gasteiger partial charge in [-0.3, -0.25) is 4.90 Å². The lowest BCUT2D eigenvalue weighted by Gasteiger charge is -2.30. The van der Waals surface area contributed by atoms with Crippen LogP contribution in [0.5, 0.6) is 0 Å². The molecular weight excluding hydrogens is 228 g/mol. The Bertz CT molecular complexity index is 393. The van der Waals surface area contributed by atoms with E-state index in [1.54, 1.807) is 5.56 Å². The Morgan fingerprint density at radius 2 is 2.06 bits per heavy atom. The Labute approximate surface area is 108 Å². The van der Waals surface area contributed by atoms with Crippen molar-refractivity contribution in [2.75, 3.05) is 13.6 Å². The number of nitrogens with two attached hydrogens (primary N) is 1. The van der Waals surface area contributed by atoms with E-state index in [1.807, 2.05) is 11.3 Å². The molecule has 1 atom stereocenters. The van der Waals surface area contributed by atoms with Crippen LogP contribution in [-0.2, 0) is 6.54 Å². The molecule has 3 rings (SSSR count). The number of likely N-dealkylation sites (N-methyl/N-ethyl adjacent to an activating group) is 1. The molecule has 1 saturated carbocycles. The van der Waals surface area contributed by atoms with Crippen molar-refractivity contribution in [3.8, 4) is 0 Å². The van der Waals surface area contributed by atoms with Crippen molar-refractivity contribution in [1.29, 1.82) is 0 Å². The van der Waals surface area contributed by atoms with E-state index in [4.69, 9.17) is 5.73 Å². The molecule has 1 aromatic rings. The average molecular weight is 250 g/mol. The van der Waals surface area contributed by atoms with Crippen LogP contribution in [0.2, 0.25) is 0 Å². The second-order valence-electron chi connectivity index (χ2n) is 5.67. The van der Waals surface area contributed by atoms with E-state index in [-0.39, 0.29) is 6.04 Å². The molecule has 0 amide bonds. The third kappa shape index (κ3) is 2.16. The third-order valence-electron chi connectivity index (χ3n) is 4.28. The van der Waals surface area contributed by atoms with Gasteiger partial charge >= 0.3 is 0 Å². The van der Waals surface area contributed by atoms with Gasteiger partial charge in [0.05, 0.1) is 0 Å². The summed E-state index contributed by atoms with van der Waals surface area (Å²) < 4.78 is 0. The minimum atomic E-state index is 0.243. The molecule has 1 fully saturated rings. The Hall–Kier alpha value is -0.380. The lowest BCUT2D eigenvalue weighted by Crippen LogP contribution is -2.34. The van der Waals surface area contributed by atoms with Crippen LogP contribution in [0.4, 0.5) is 0 Å². The van der Waals surface area contributed by atoms with Crippen LogP contribution in [0.1, 0.15) is 60.1 Å². The Morgan fingerprint density at radius 3 is 2.82 bits per heavy atom. The highest BCUT2D eigenvalue weighted by atomic mass is 32.1. The zero-order valence-electron chi connectivity index (χ0n) is 10.6. The summed E-state index contributed by atoms with van der Waals surface area (Å²) in [7, 11) is 2.17. The Kier molecular flexibility index (Phi) is 3.24. The number of fused-ring (bicyclic) bond motifs is 1. The van der Waals surface area contributed by atoms with Gasteiger partial charge in [0, 0.05) is 24.0 Å². The molecule has 0 spiro atoms. The summed E-state index contributed by atoms with van der Waals surface area (Å²) in [5.41, 5.74) is 9.47. The minimum absolute atomic E-state index is 0.243. The molecule has 3 heteroatoms. The van der Waals surface area contributed by atoms with Gasteiger partial charge < -0.3 is 5.73 Å². The molecule has 2 heterocycles. The molecule has 1 aliphatic heterocycles. The standard InChI is InChI=1S/C14H22N2S/c1-16-7-12(15)14-11(9-17-13(14)8-16)10-5-3-2-4-6-10/h9-10,12H,2-8,15H2,1H3. The van der Waals surface area contributed by atoms with Gasteiger partial charge in [-0.15, -0.1) is 11.3 Å². The van der Waals surface area contributed by atoms with Crippen LogP contribution in [0.15, 0.2) is 5.38 Å². The predicted octanol–water partition coefficient (Wildman–Crippen LogP) is 3.24. The zero-order chi connectivity index (χ0) is 11.8. The van der Waals surface area contributed by atoms with Crippen molar-refractivity contribution in [3.63, 3.8) is 0 Å². The van der Waals surface area contributed by atoms with Gasteiger partial charge in [0.25, 0.3) is 0 Å². The largest absolute Gasteiger partial charge is 0.323 e. The van der Waals surface area contributed by atoms with Gasteiger partial charge in [-0.05, 0) is 42.3 Å². The summed E-state index contributed by atoms with van der Waals surface area (Å²) in [6.45, 7) is 2.11. The van der Waals surface area contributed by atoms with Crippen molar-refractivity contribution in [2.24, 2.45) is 5.73 Å². The quantitative estimate of drug-likeness (QED) is 0.829. The number of rotatable bonds is 1. The van der Waals surface area contributed by atoms with E-state index in [2.05, 4.69) is 17.3 Å². The number of nitrogens with zero attached hydrogens (tertiary/aromatic N) is 1. The molecule has 1 aromatic heterocycles. The van der Waals surface area contributed by atoms with Gasteiger partial charge in [0.15, 0.2) is 0 Å². The van der Waals surface area contributed by atoms with Gasteiger partial charge in [-0.2, -0.15) is 0 Å². The molecule has 0 aromatic carbocycles. The van der Waals surface area contributed by atoms with Crippen molar-refractivity contribution < 1.29 is 0 Å². The monoisotopic (exact) mass is 250 g/mol. The zero-order valence-corrected chi connectivity index (χ0v) is 11.4. The molecular formula is C14H22N2S. The van der Waals surface area contributed by atoms with Crippen molar-refractivity contribution in [1.82, 2.24) is 4.90 Å². The fourth-order valence-corrected chi connectivity index (χ4v) is 4.71. The van der Waals surface area contributed by atoms with E-state index < -0.39 is 0 Å². The Morgan fingerprint density at radius 1 is 1.29 bits per heavy atom. The summed E-state index contributed by atoms with van der Waals surface area (Å²) in [6, 6.07) is 0.243. The molecule has 2 N–H and O–H groups in total. The van der Waals surface area contributed by atoms with Gasteiger partial charge in [0.2, 0.25) is 0 Å². The summed E-state index contributed by atoms with van der Waals surface area (Å²) in [5, 5.41) is 2.40.